The highest BCUT2D eigenvalue weighted by Crippen LogP contribution is 2.33. The van der Waals surface area contributed by atoms with E-state index in [9.17, 15) is 24.1 Å². The number of anilines is 1. The minimum absolute atomic E-state index is 0.0138. The van der Waals surface area contributed by atoms with Gasteiger partial charge in [0.05, 0.1) is 15.5 Å². The highest BCUT2D eigenvalue weighted by atomic mass is 35.5. The van der Waals surface area contributed by atoms with Crippen molar-refractivity contribution in [3.63, 3.8) is 0 Å². The van der Waals surface area contributed by atoms with E-state index in [1.807, 2.05) is 0 Å². The van der Waals surface area contributed by atoms with Gasteiger partial charge in [-0.2, -0.15) is 0 Å². The number of benzene rings is 2. The average Bonchev–Trinajstić information content (AvgIpc) is 3.09. The minimum Gasteiger partial charge on any atom is -0.421 e. The number of fused-ring (bicyclic) bond motifs is 1. The standard InChI is InChI=1S/C20H11ClFN3O6/c1-9-16(18(24-31-9)17-12(21)3-2-4-13(17)22)19(26)23-14-8-10-7-11(25(28)29)5-6-15(10)30-20(14)27/h2-8H,1H3,(H,23,26). The van der Waals surface area contributed by atoms with Crippen LogP contribution in [0.1, 0.15) is 16.1 Å². The number of nitrogens with zero attached hydrogens (tertiary/aromatic N) is 2. The Hall–Kier alpha value is -4.05. The van der Waals surface area contributed by atoms with E-state index in [1.54, 1.807) is 0 Å². The van der Waals surface area contributed by atoms with Crippen LogP contribution in [0, 0.1) is 22.9 Å². The molecule has 11 heteroatoms. The summed E-state index contributed by atoms with van der Waals surface area (Å²) in [4.78, 5) is 35.6. The summed E-state index contributed by atoms with van der Waals surface area (Å²) in [5, 5.41) is 17.3. The number of non-ortho nitro benzene ring substituents is 1. The van der Waals surface area contributed by atoms with E-state index in [0.29, 0.717) is 0 Å². The van der Waals surface area contributed by atoms with Crippen molar-refractivity contribution in [1.29, 1.82) is 0 Å². The number of hydrogen-bond acceptors (Lipinski definition) is 7. The third-order valence-corrected chi connectivity index (χ3v) is 4.78. The molecule has 2 aromatic heterocycles. The Kier molecular flexibility index (Phi) is 4.99. The first kappa shape index (κ1) is 20.2. The lowest BCUT2D eigenvalue weighted by atomic mass is 10.0. The fourth-order valence-electron chi connectivity index (χ4n) is 3.03. The summed E-state index contributed by atoms with van der Waals surface area (Å²) >= 11 is 6.07. The molecule has 4 aromatic rings. The molecule has 0 saturated carbocycles. The molecule has 0 bridgehead atoms. The monoisotopic (exact) mass is 443 g/mol. The lowest BCUT2D eigenvalue weighted by Crippen LogP contribution is -2.19. The first-order valence-electron chi connectivity index (χ1n) is 8.70. The third kappa shape index (κ3) is 3.64. The fourth-order valence-corrected chi connectivity index (χ4v) is 3.28. The van der Waals surface area contributed by atoms with Crippen molar-refractivity contribution in [2.24, 2.45) is 0 Å². The number of amides is 1. The maximum absolute atomic E-state index is 14.3. The van der Waals surface area contributed by atoms with Gasteiger partial charge < -0.3 is 14.3 Å². The van der Waals surface area contributed by atoms with E-state index in [2.05, 4.69) is 10.5 Å². The molecule has 2 aromatic carbocycles. The van der Waals surface area contributed by atoms with Gasteiger partial charge in [-0.15, -0.1) is 0 Å². The molecule has 0 atom stereocenters. The van der Waals surface area contributed by atoms with E-state index in [4.69, 9.17) is 20.5 Å². The molecule has 0 aliphatic carbocycles. The molecule has 0 saturated heterocycles. The van der Waals surface area contributed by atoms with E-state index in [0.717, 1.165) is 6.07 Å². The molecule has 0 aliphatic heterocycles. The Morgan fingerprint density at radius 1 is 1.26 bits per heavy atom. The Balaban J connectivity index is 1.77. The van der Waals surface area contributed by atoms with Crippen LogP contribution in [0.15, 0.2) is 56.2 Å². The average molecular weight is 444 g/mol. The van der Waals surface area contributed by atoms with Gasteiger partial charge in [0.15, 0.2) is 0 Å². The Morgan fingerprint density at radius 2 is 2.03 bits per heavy atom. The maximum atomic E-state index is 14.3. The van der Waals surface area contributed by atoms with Crippen molar-refractivity contribution in [2.45, 2.75) is 6.92 Å². The number of halogens is 2. The molecule has 1 N–H and O–H groups in total. The molecule has 0 unspecified atom stereocenters. The van der Waals surface area contributed by atoms with Crippen LogP contribution in [-0.2, 0) is 0 Å². The second-order valence-corrected chi connectivity index (χ2v) is 6.85. The summed E-state index contributed by atoms with van der Waals surface area (Å²) in [6, 6.07) is 8.88. The van der Waals surface area contributed by atoms with Crippen LogP contribution in [0.25, 0.3) is 22.2 Å². The Bertz CT molecular complexity index is 1410. The molecule has 0 radical (unpaired) electrons. The van der Waals surface area contributed by atoms with E-state index in [-0.39, 0.29) is 49.9 Å². The third-order valence-electron chi connectivity index (χ3n) is 4.46. The number of hydrogen-bond donors (Lipinski definition) is 1. The molecule has 1 amide bonds. The van der Waals surface area contributed by atoms with Crippen LogP contribution in [0.3, 0.4) is 0 Å². The normalized spacial score (nSPS) is 10.9. The van der Waals surface area contributed by atoms with Crippen LogP contribution < -0.4 is 10.9 Å². The van der Waals surface area contributed by atoms with E-state index >= 15 is 0 Å². The molecule has 2 heterocycles. The molecule has 4 rings (SSSR count). The predicted molar refractivity (Wildman–Crippen MR) is 109 cm³/mol. The molecule has 9 nitrogen and oxygen atoms in total. The lowest BCUT2D eigenvalue weighted by Gasteiger charge is -2.07. The molecular weight excluding hydrogens is 433 g/mol. The number of carbonyl (C=O) groups excluding carboxylic acids is 1. The smallest absolute Gasteiger partial charge is 0.360 e. The van der Waals surface area contributed by atoms with Crippen molar-refractivity contribution in [3.8, 4) is 11.3 Å². The van der Waals surface area contributed by atoms with Crippen molar-refractivity contribution in [1.82, 2.24) is 5.16 Å². The zero-order valence-electron chi connectivity index (χ0n) is 15.6. The SMILES string of the molecule is Cc1onc(-c2c(F)cccc2Cl)c1C(=O)Nc1cc2cc([N+](=O)[O-])ccc2oc1=O. The van der Waals surface area contributed by atoms with Gasteiger partial charge in [0.25, 0.3) is 11.6 Å². The van der Waals surface area contributed by atoms with E-state index in [1.165, 1.54) is 43.3 Å². The van der Waals surface area contributed by atoms with Crippen LogP contribution in [0.2, 0.25) is 5.02 Å². The molecule has 0 fully saturated rings. The Labute approximate surface area is 177 Å². The minimum atomic E-state index is -0.880. The van der Waals surface area contributed by atoms with Gasteiger partial charge in [-0.05, 0) is 31.2 Å². The van der Waals surface area contributed by atoms with Crippen LogP contribution in [0.4, 0.5) is 15.8 Å². The van der Waals surface area contributed by atoms with Crippen LogP contribution in [0.5, 0.6) is 0 Å². The second-order valence-electron chi connectivity index (χ2n) is 6.44. The largest absolute Gasteiger partial charge is 0.421 e. The summed E-state index contributed by atoms with van der Waals surface area (Å²) < 4.78 is 24.5. The first-order chi connectivity index (χ1) is 14.8. The summed E-state index contributed by atoms with van der Waals surface area (Å²) in [5.74, 6) is -1.48. The summed E-state index contributed by atoms with van der Waals surface area (Å²) in [6.45, 7) is 1.44. The van der Waals surface area contributed by atoms with Gasteiger partial charge in [-0.3, -0.25) is 14.9 Å². The van der Waals surface area contributed by atoms with Crippen LogP contribution in [-0.4, -0.2) is 16.0 Å². The van der Waals surface area contributed by atoms with Crippen molar-refractivity contribution < 1.29 is 23.0 Å². The van der Waals surface area contributed by atoms with Gasteiger partial charge in [0, 0.05) is 17.5 Å². The highest BCUT2D eigenvalue weighted by molar-refractivity contribution is 6.33. The lowest BCUT2D eigenvalue weighted by molar-refractivity contribution is -0.384. The summed E-state index contributed by atoms with van der Waals surface area (Å²) in [6.07, 6.45) is 0. The quantitative estimate of drug-likeness (QED) is 0.274. The number of carbonyl (C=O) groups is 1. The van der Waals surface area contributed by atoms with Gasteiger partial charge >= 0.3 is 5.63 Å². The molecule has 0 aliphatic rings. The second kappa shape index (κ2) is 7.65. The highest BCUT2D eigenvalue weighted by Gasteiger charge is 2.26. The molecular formula is C20H11ClFN3O6. The first-order valence-corrected chi connectivity index (χ1v) is 9.08. The van der Waals surface area contributed by atoms with Crippen LogP contribution >= 0.6 is 11.6 Å². The molecule has 0 spiro atoms. The summed E-state index contributed by atoms with van der Waals surface area (Å²) in [7, 11) is 0. The van der Waals surface area contributed by atoms with E-state index < -0.39 is 22.3 Å². The number of nitrogens with one attached hydrogen (secondary N) is 1. The molecule has 31 heavy (non-hydrogen) atoms. The van der Waals surface area contributed by atoms with Crippen molar-refractivity contribution in [2.75, 3.05) is 5.32 Å². The van der Waals surface area contributed by atoms with Gasteiger partial charge in [-0.1, -0.05) is 22.8 Å². The van der Waals surface area contributed by atoms with Crippen molar-refractivity contribution >= 4 is 39.9 Å². The number of rotatable bonds is 4. The van der Waals surface area contributed by atoms with Gasteiger partial charge in [0.1, 0.15) is 34.1 Å². The number of nitro groups is 1. The maximum Gasteiger partial charge on any atom is 0.360 e. The fraction of sp³-hybridized carbons (Fsp3) is 0.0500. The zero-order valence-corrected chi connectivity index (χ0v) is 16.4. The number of aryl methyl sites for hydroxylation is 1. The molecule has 156 valence electrons. The van der Waals surface area contributed by atoms with Gasteiger partial charge in [-0.25, -0.2) is 9.18 Å². The number of aromatic nitrogens is 1. The topological polar surface area (TPSA) is 128 Å². The summed E-state index contributed by atoms with van der Waals surface area (Å²) in [5.41, 5.74) is -1.67. The predicted octanol–water partition coefficient (Wildman–Crippen LogP) is 4.71. The Morgan fingerprint density at radius 3 is 2.74 bits per heavy atom. The zero-order chi connectivity index (χ0) is 22.3. The van der Waals surface area contributed by atoms with Gasteiger partial charge in [0.2, 0.25) is 0 Å². The van der Waals surface area contributed by atoms with Crippen molar-refractivity contribution in [3.05, 3.63) is 85.2 Å². The number of nitro benzene ring substituents is 1.